The standard InChI is InChI=1S/C21H22O11/c22-6-14-17(27)19(29)20(30)21(32-14)16-11(26)5-13-15(18(16)28)10(25)4-12(31-13)7-1-2-8(23)9(24)3-7/h1-3,5,12,14,17,19-24,26-30H,4,6H2/t12-,14-,17+,19+,20+,21+/m1/s1. The summed E-state index contributed by atoms with van der Waals surface area (Å²) >= 11 is 0. The predicted molar refractivity (Wildman–Crippen MR) is 105 cm³/mol. The topological polar surface area (TPSA) is 197 Å². The molecule has 0 saturated carbocycles. The minimum atomic E-state index is -1.78. The van der Waals surface area contributed by atoms with E-state index in [1.165, 1.54) is 18.2 Å². The number of aromatic hydroxyl groups is 4. The highest BCUT2D eigenvalue weighted by Crippen LogP contribution is 2.49. The second-order valence-corrected chi connectivity index (χ2v) is 7.76. The van der Waals surface area contributed by atoms with E-state index in [1.807, 2.05) is 0 Å². The molecule has 0 unspecified atom stereocenters. The molecule has 32 heavy (non-hydrogen) atoms. The maximum atomic E-state index is 12.8. The number of Topliss-reactive ketones (excluding diaryl/α,β-unsaturated/α-hetero) is 1. The summed E-state index contributed by atoms with van der Waals surface area (Å²) < 4.78 is 11.1. The average molecular weight is 450 g/mol. The van der Waals surface area contributed by atoms with Gasteiger partial charge in [0.2, 0.25) is 0 Å². The van der Waals surface area contributed by atoms with Crippen LogP contribution in [-0.4, -0.2) is 77.7 Å². The van der Waals surface area contributed by atoms with Crippen molar-refractivity contribution in [3.8, 4) is 28.7 Å². The molecule has 0 aromatic heterocycles. The van der Waals surface area contributed by atoms with Crippen LogP contribution in [0.4, 0.5) is 0 Å². The van der Waals surface area contributed by atoms with Crippen LogP contribution in [0.15, 0.2) is 24.3 Å². The molecule has 172 valence electrons. The van der Waals surface area contributed by atoms with Crippen LogP contribution in [0.25, 0.3) is 0 Å². The van der Waals surface area contributed by atoms with Crippen molar-refractivity contribution in [2.45, 2.75) is 43.0 Å². The van der Waals surface area contributed by atoms with Crippen molar-refractivity contribution in [1.82, 2.24) is 0 Å². The fourth-order valence-electron chi connectivity index (χ4n) is 4.02. The summed E-state index contributed by atoms with van der Waals surface area (Å²) in [5, 5.41) is 80.1. The lowest BCUT2D eigenvalue weighted by Crippen LogP contribution is -2.55. The van der Waals surface area contributed by atoms with Gasteiger partial charge in [0, 0.05) is 6.07 Å². The van der Waals surface area contributed by atoms with E-state index in [1.54, 1.807) is 0 Å². The summed E-state index contributed by atoms with van der Waals surface area (Å²) in [7, 11) is 0. The van der Waals surface area contributed by atoms with Crippen molar-refractivity contribution >= 4 is 5.78 Å². The molecular formula is C21H22O11. The minimum Gasteiger partial charge on any atom is -0.507 e. The fourth-order valence-corrected chi connectivity index (χ4v) is 4.02. The lowest BCUT2D eigenvalue weighted by molar-refractivity contribution is -0.232. The van der Waals surface area contributed by atoms with E-state index in [-0.39, 0.29) is 23.5 Å². The van der Waals surface area contributed by atoms with Crippen LogP contribution in [0.5, 0.6) is 28.7 Å². The number of hydrogen-bond donors (Lipinski definition) is 8. The highest BCUT2D eigenvalue weighted by atomic mass is 16.5. The van der Waals surface area contributed by atoms with Crippen LogP contribution >= 0.6 is 0 Å². The van der Waals surface area contributed by atoms with E-state index in [4.69, 9.17) is 9.47 Å². The fraction of sp³-hybridized carbons (Fsp3) is 0.381. The van der Waals surface area contributed by atoms with Crippen LogP contribution in [0.1, 0.15) is 40.1 Å². The Morgan fingerprint density at radius 3 is 2.28 bits per heavy atom. The summed E-state index contributed by atoms with van der Waals surface area (Å²) in [5.41, 5.74) is -0.316. The van der Waals surface area contributed by atoms with Crippen molar-refractivity contribution in [2.75, 3.05) is 6.61 Å². The second kappa shape index (κ2) is 8.11. The number of carbonyl (C=O) groups is 1. The van der Waals surface area contributed by atoms with Crippen molar-refractivity contribution in [3.05, 3.63) is 41.0 Å². The Balaban J connectivity index is 1.72. The molecule has 4 rings (SSSR count). The highest BCUT2D eigenvalue weighted by molar-refractivity contribution is 6.03. The molecule has 0 aliphatic carbocycles. The second-order valence-electron chi connectivity index (χ2n) is 7.76. The molecular weight excluding hydrogens is 428 g/mol. The Hall–Kier alpha value is -3.09. The number of fused-ring (bicyclic) bond motifs is 1. The first-order chi connectivity index (χ1) is 15.1. The number of ether oxygens (including phenoxy) is 2. The Kier molecular flexibility index (Phi) is 5.61. The Labute approximate surface area is 181 Å². The van der Waals surface area contributed by atoms with Gasteiger partial charge in [-0.25, -0.2) is 0 Å². The smallest absolute Gasteiger partial charge is 0.174 e. The van der Waals surface area contributed by atoms with E-state index in [2.05, 4.69) is 0 Å². The summed E-state index contributed by atoms with van der Waals surface area (Å²) in [4.78, 5) is 12.8. The molecule has 2 aromatic carbocycles. The lowest BCUT2D eigenvalue weighted by atomic mass is 9.87. The molecule has 2 aromatic rings. The zero-order valence-electron chi connectivity index (χ0n) is 16.5. The third-order valence-electron chi connectivity index (χ3n) is 5.75. The molecule has 2 aliphatic rings. The Morgan fingerprint density at radius 1 is 0.906 bits per heavy atom. The van der Waals surface area contributed by atoms with Gasteiger partial charge in [-0.05, 0) is 17.7 Å². The molecule has 1 fully saturated rings. The molecule has 11 heteroatoms. The first-order valence-corrected chi connectivity index (χ1v) is 9.75. The van der Waals surface area contributed by atoms with E-state index >= 15 is 0 Å². The number of ketones is 1. The molecule has 0 radical (unpaired) electrons. The molecule has 6 atom stereocenters. The van der Waals surface area contributed by atoms with Crippen molar-refractivity contribution in [3.63, 3.8) is 0 Å². The first-order valence-electron chi connectivity index (χ1n) is 9.75. The number of aliphatic hydroxyl groups is 4. The zero-order chi connectivity index (χ0) is 23.3. The maximum Gasteiger partial charge on any atom is 0.174 e. The van der Waals surface area contributed by atoms with Crippen molar-refractivity contribution in [1.29, 1.82) is 0 Å². The van der Waals surface area contributed by atoms with Crippen LogP contribution in [-0.2, 0) is 4.74 Å². The SMILES string of the molecule is O=C1C[C@H](c2ccc(O)c(O)c2)Oc2cc(O)c([C@@H]3O[C@H](CO)[C@H](O)[C@H](O)[C@@H]3O)c(O)c21. The van der Waals surface area contributed by atoms with Gasteiger partial charge in [-0.3, -0.25) is 4.79 Å². The minimum absolute atomic E-state index is 0.165. The van der Waals surface area contributed by atoms with Gasteiger partial charge in [0.1, 0.15) is 59.4 Å². The number of hydrogen-bond acceptors (Lipinski definition) is 11. The number of benzene rings is 2. The molecule has 0 bridgehead atoms. The molecule has 2 aliphatic heterocycles. The summed E-state index contributed by atoms with van der Waals surface area (Å²) in [6.45, 7) is -0.711. The molecule has 1 saturated heterocycles. The van der Waals surface area contributed by atoms with Gasteiger partial charge in [-0.15, -0.1) is 0 Å². The molecule has 2 heterocycles. The Morgan fingerprint density at radius 2 is 1.62 bits per heavy atom. The van der Waals surface area contributed by atoms with Gasteiger partial charge in [0.05, 0.1) is 18.6 Å². The van der Waals surface area contributed by atoms with Crippen molar-refractivity contribution < 1.29 is 55.1 Å². The normalized spacial score (nSPS) is 29.9. The van der Waals surface area contributed by atoms with Crippen LogP contribution in [0.2, 0.25) is 0 Å². The molecule has 8 N–H and O–H groups in total. The number of carbonyl (C=O) groups excluding carboxylic acids is 1. The number of rotatable bonds is 3. The Bertz CT molecular complexity index is 1050. The number of phenols is 4. The molecule has 11 nitrogen and oxygen atoms in total. The molecule has 0 spiro atoms. The number of phenolic OH excluding ortho intramolecular Hbond substituents is 4. The largest absolute Gasteiger partial charge is 0.507 e. The van der Waals surface area contributed by atoms with E-state index < -0.39 is 71.8 Å². The van der Waals surface area contributed by atoms with Crippen LogP contribution < -0.4 is 4.74 Å². The van der Waals surface area contributed by atoms with Crippen molar-refractivity contribution in [2.24, 2.45) is 0 Å². The van der Waals surface area contributed by atoms with Crippen LogP contribution in [0.3, 0.4) is 0 Å². The third-order valence-corrected chi connectivity index (χ3v) is 5.75. The van der Waals surface area contributed by atoms with Gasteiger partial charge in [0.25, 0.3) is 0 Å². The summed E-state index contributed by atoms with van der Waals surface area (Å²) in [5.74, 6) is -2.85. The summed E-state index contributed by atoms with van der Waals surface area (Å²) in [6, 6.07) is 4.93. The maximum absolute atomic E-state index is 12.8. The van der Waals surface area contributed by atoms with Gasteiger partial charge in [-0.2, -0.15) is 0 Å². The predicted octanol–water partition coefficient (Wildman–Crippen LogP) is -0.270. The monoisotopic (exact) mass is 450 g/mol. The number of aliphatic hydroxyl groups excluding tert-OH is 4. The van der Waals surface area contributed by atoms with Gasteiger partial charge in [-0.1, -0.05) is 6.07 Å². The third kappa shape index (κ3) is 3.49. The van der Waals surface area contributed by atoms with E-state index in [9.17, 15) is 45.6 Å². The quantitative estimate of drug-likeness (QED) is 0.287. The van der Waals surface area contributed by atoms with E-state index in [0.717, 1.165) is 6.07 Å². The van der Waals surface area contributed by atoms with Crippen LogP contribution in [0, 0.1) is 0 Å². The van der Waals surface area contributed by atoms with Gasteiger partial charge in [0.15, 0.2) is 17.3 Å². The average Bonchev–Trinajstić information content (AvgIpc) is 2.74. The van der Waals surface area contributed by atoms with Gasteiger partial charge < -0.3 is 50.3 Å². The lowest BCUT2D eigenvalue weighted by Gasteiger charge is -2.40. The van der Waals surface area contributed by atoms with Gasteiger partial charge >= 0.3 is 0 Å². The summed E-state index contributed by atoms with van der Waals surface area (Å²) in [6.07, 6.45) is -9.14. The first kappa shape index (κ1) is 22.1. The highest BCUT2D eigenvalue weighted by Gasteiger charge is 2.47. The van der Waals surface area contributed by atoms with E-state index in [0.29, 0.717) is 5.56 Å². The zero-order valence-corrected chi connectivity index (χ0v) is 16.5. The molecule has 0 amide bonds.